The van der Waals surface area contributed by atoms with E-state index in [-0.39, 0.29) is 16.4 Å². The highest BCUT2D eigenvalue weighted by Crippen LogP contribution is 2.33. The largest absolute Gasteiger partial charge is 0.337 e. The van der Waals surface area contributed by atoms with Crippen molar-refractivity contribution < 1.29 is 4.92 Å². The quantitative estimate of drug-likeness (QED) is 0.528. The summed E-state index contributed by atoms with van der Waals surface area (Å²) in [5.74, 6) is 0.282. The first-order valence-electron chi connectivity index (χ1n) is 4.87. The molecule has 6 heteroatoms. The molecule has 88 valence electrons. The lowest BCUT2D eigenvalue weighted by Gasteiger charge is -2.15. The first-order chi connectivity index (χ1) is 7.36. The van der Waals surface area contributed by atoms with Gasteiger partial charge in [0.05, 0.1) is 4.92 Å². The maximum Gasteiger partial charge on any atom is 0.337 e. The van der Waals surface area contributed by atoms with Gasteiger partial charge in [0.2, 0.25) is 0 Å². The van der Waals surface area contributed by atoms with Gasteiger partial charge in [-0.1, -0.05) is 29.8 Å². The molecule has 0 saturated carbocycles. The Kier molecular flexibility index (Phi) is 3.85. The van der Waals surface area contributed by atoms with E-state index in [4.69, 9.17) is 0 Å². The van der Waals surface area contributed by atoms with Gasteiger partial charge in [-0.05, 0) is 18.4 Å². The summed E-state index contributed by atoms with van der Waals surface area (Å²) in [5, 5.41) is 10.8. The van der Waals surface area contributed by atoms with Crippen molar-refractivity contribution in [3.63, 3.8) is 0 Å². The zero-order valence-electron chi connectivity index (χ0n) is 9.28. The summed E-state index contributed by atoms with van der Waals surface area (Å²) < 4.78 is 0. The van der Waals surface area contributed by atoms with Crippen molar-refractivity contribution in [3.05, 3.63) is 37.8 Å². The molecule has 0 aliphatic carbocycles. The molecule has 0 aliphatic rings. The summed E-state index contributed by atoms with van der Waals surface area (Å²) in [4.78, 5) is 23.8. The fourth-order valence-electron chi connectivity index (χ4n) is 1.49. The molecule has 16 heavy (non-hydrogen) atoms. The van der Waals surface area contributed by atoms with Crippen LogP contribution in [-0.2, 0) is 0 Å². The summed E-state index contributed by atoms with van der Waals surface area (Å²) in [6.45, 7) is 5.59. The fourth-order valence-corrected chi connectivity index (χ4v) is 1.97. The lowest BCUT2D eigenvalue weighted by atomic mass is 10.00. The third-order valence-electron chi connectivity index (χ3n) is 2.43. The number of hydrogen-bond donors (Lipinski definition) is 1. The van der Waals surface area contributed by atoms with E-state index in [1.165, 1.54) is 6.20 Å². The molecule has 1 atom stereocenters. The van der Waals surface area contributed by atoms with E-state index in [1.807, 2.05) is 13.8 Å². The first-order valence-corrected chi connectivity index (χ1v) is 5.78. The second-order valence-electron chi connectivity index (χ2n) is 3.95. The average Bonchev–Trinajstić information content (AvgIpc) is 2.16. The highest BCUT2D eigenvalue weighted by molar-refractivity contribution is 9.09. The molecule has 1 aromatic rings. The standard InChI is InChI=1S/C10H13BrN2O3/c1-5(2)8(11)7-4-12-10(14)9(6(7)3)13(15)16/h4-5,8H,1-3H3,(H,12,14). The number of halogens is 1. The Morgan fingerprint density at radius 3 is 2.50 bits per heavy atom. The number of aromatic nitrogens is 1. The van der Waals surface area contributed by atoms with Gasteiger partial charge in [-0.25, -0.2) is 0 Å². The summed E-state index contributed by atoms with van der Waals surface area (Å²) in [6.07, 6.45) is 1.53. The average molecular weight is 289 g/mol. The van der Waals surface area contributed by atoms with Crippen molar-refractivity contribution in [3.8, 4) is 0 Å². The summed E-state index contributed by atoms with van der Waals surface area (Å²) in [5.41, 5.74) is 0.142. The van der Waals surface area contributed by atoms with Gasteiger partial charge in [-0.15, -0.1) is 0 Å². The first kappa shape index (κ1) is 12.9. The van der Waals surface area contributed by atoms with Gasteiger partial charge < -0.3 is 4.98 Å². The molecule has 1 N–H and O–H groups in total. The molecule has 0 aliphatic heterocycles. The Labute approximate surface area is 101 Å². The topological polar surface area (TPSA) is 76.0 Å². The third kappa shape index (κ3) is 2.32. The van der Waals surface area contributed by atoms with Crippen LogP contribution in [0.4, 0.5) is 5.69 Å². The molecule has 0 amide bonds. The molecule has 0 saturated heterocycles. The van der Waals surface area contributed by atoms with Gasteiger partial charge in [-0.2, -0.15) is 0 Å². The Bertz CT molecular complexity index is 468. The monoisotopic (exact) mass is 288 g/mol. The predicted molar refractivity (Wildman–Crippen MR) is 65.0 cm³/mol. The number of pyridine rings is 1. The lowest BCUT2D eigenvalue weighted by Crippen LogP contribution is -2.16. The van der Waals surface area contributed by atoms with Crippen LogP contribution in [0, 0.1) is 23.0 Å². The van der Waals surface area contributed by atoms with Crippen molar-refractivity contribution in [2.24, 2.45) is 5.92 Å². The van der Waals surface area contributed by atoms with Gasteiger partial charge in [0.25, 0.3) is 0 Å². The molecule has 5 nitrogen and oxygen atoms in total. The van der Waals surface area contributed by atoms with Crippen LogP contribution in [0.15, 0.2) is 11.0 Å². The van der Waals surface area contributed by atoms with Crippen molar-refractivity contribution in [2.45, 2.75) is 25.6 Å². The van der Waals surface area contributed by atoms with Crippen LogP contribution in [0.1, 0.15) is 29.8 Å². The number of nitro groups is 1. The van der Waals surface area contributed by atoms with Crippen LogP contribution >= 0.6 is 15.9 Å². The van der Waals surface area contributed by atoms with Crippen LogP contribution in [0.3, 0.4) is 0 Å². The van der Waals surface area contributed by atoms with Gasteiger partial charge in [-0.3, -0.25) is 14.9 Å². The van der Waals surface area contributed by atoms with Crippen LogP contribution < -0.4 is 5.56 Å². The molecule has 1 unspecified atom stereocenters. The zero-order chi connectivity index (χ0) is 12.5. The van der Waals surface area contributed by atoms with Crippen molar-refractivity contribution in [1.82, 2.24) is 4.98 Å². The second-order valence-corrected chi connectivity index (χ2v) is 4.94. The zero-order valence-corrected chi connectivity index (χ0v) is 10.9. The van der Waals surface area contributed by atoms with Crippen LogP contribution in [0.2, 0.25) is 0 Å². The Hall–Kier alpha value is -1.17. The Morgan fingerprint density at radius 2 is 2.06 bits per heavy atom. The molecular formula is C10H13BrN2O3. The van der Waals surface area contributed by atoms with Crippen molar-refractivity contribution >= 4 is 21.6 Å². The smallest absolute Gasteiger partial charge is 0.323 e. The van der Waals surface area contributed by atoms with E-state index in [0.29, 0.717) is 5.56 Å². The minimum atomic E-state index is -0.658. The number of hydrogen-bond acceptors (Lipinski definition) is 3. The van der Waals surface area contributed by atoms with E-state index < -0.39 is 10.5 Å². The summed E-state index contributed by atoms with van der Waals surface area (Å²) >= 11 is 3.46. The van der Waals surface area contributed by atoms with Crippen LogP contribution in [0.5, 0.6) is 0 Å². The van der Waals surface area contributed by atoms with E-state index in [9.17, 15) is 14.9 Å². The Balaban J connectivity index is 3.40. The molecule has 0 spiro atoms. The number of rotatable bonds is 3. The second kappa shape index (κ2) is 4.78. The highest BCUT2D eigenvalue weighted by atomic mass is 79.9. The van der Waals surface area contributed by atoms with Gasteiger partial charge in [0.15, 0.2) is 0 Å². The lowest BCUT2D eigenvalue weighted by molar-refractivity contribution is -0.386. The van der Waals surface area contributed by atoms with Crippen LogP contribution in [-0.4, -0.2) is 9.91 Å². The minimum absolute atomic E-state index is 0.0111. The fraction of sp³-hybridized carbons (Fsp3) is 0.500. The van der Waals surface area contributed by atoms with Crippen molar-refractivity contribution in [2.75, 3.05) is 0 Å². The van der Waals surface area contributed by atoms with Crippen molar-refractivity contribution in [1.29, 1.82) is 0 Å². The number of aromatic amines is 1. The number of nitrogens with zero attached hydrogens (tertiary/aromatic N) is 1. The molecule has 0 aromatic carbocycles. The molecule has 0 bridgehead atoms. The minimum Gasteiger partial charge on any atom is -0.323 e. The maximum atomic E-state index is 11.3. The molecule has 1 rings (SSSR count). The number of nitrogens with one attached hydrogen (secondary N) is 1. The summed E-state index contributed by atoms with van der Waals surface area (Å²) in [7, 11) is 0. The SMILES string of the molecule is Cc1c(C(Br)C(C)C)c[nH]c(=O)c1[N+](=O)[O-]. The van der Waals surface area contributed by atoms with Gasteiger partial charge in [0, 0.05) is 16.6 Å². The predicted octanol–water partition coefficient (Wildman–Crippen LogP) is 2.68. The van der Waals surface area contributed by atoms with Gasteiger partial charge in [0.1, 0.15) is 0 Å². The molecule has 1 heterocycles. The Morgan fingerprint density at radius 1 is 1.50 bits per heavy atom. The van der Waals surface area contributed by atoms with Crippen LogP contribution in [0.25, 0.3) is 0 Å². The maximum absolute atomic E-state index is 11.3. The number of alkyl halides is 1. The summed E-state index contributed by atoms with van der Waals surface area (Å²) in [6, 6.07) is 0. The molecule has 0 fully saturated rings. The third-order valence-corrected chi connectivity index (χ3v) is 3.98. The van der Waals surface area contributed by atoms with Gasteiger partial charge >= 0.3 is 11.2 Å². The van der Waals surface area contributed by atoms with E-state index in [0.717, 1.165) is 5.56 Å². The van der Waals surface area contributed by atoms with E-state index >= 15 is 0 Å². The highest BCUT2D eigenvalue weighted by Gasteiger charge is 2.23. The molecule has 0 radical (unpaired) electrons. The normalized spacial score (nSPS) is 12.8. The molecular weight excluding hydrogens is 276 g/mol. The van der Waals surface area contributed by atoms with E-state index in [1.54, 1.807) is 6.92 Å². The molecule has 1 aromatic heterocycles. The number of H-pyrrole nitrogens is 1. The van der Waals surface area contributed by atoms with E-state index in [2.05, 4.69) is 20.9 Å².